The summed E-state index contributed by atoms with van der Waals surface area (Å²) in [7, 11) is 1.22. The maximum Gasteiger partial charge on any atom is 0.220 e. The van der Waals surface area contributed by atoms with Gasteiger partial charge in [-0.15, -0.1) is 0 Å². The predicted octanol–water partition coefficient (Wildman–Crippen LogP) is -4.53. The standard InChI is InChI=1S/C64H110IN5O30/c1-9-10-11-12-13-14-15-16-17-18-19-20-21-22-23-24-40(80)70-42-46(82)45(81)36(25-71)92-58(42)95-51-37(26-72)93-59(43(47(51)83)67-32(3)76)96-52-38(27-73)94-60(44(48(52)84)68-33(4)77)97-53-39(28-74)98-63(7,54(50(53)86)69-34(5)78)99-56-49(85)41(66-31(2)75)57(88)100-64(56,65)30-91-61-62(6,89-8)55(87)35(79)29-90-61/h14-15,35-39,41-61,71-74,79,81-88H,9-13,16-30H2,1-8H3,(H,66,75)(H,67,76)(H,68,77)(H,69,78)(H,70,80)/b15-14-/t35-,36?,37?,38?,39?,41?,42?,43?,44?,45-,46?,47?,48?,49?,50?,51-,52-,53-,54?,55?,56+,57-,58+,59+,60+,61+,62?,63+,64?/m1/s1. The fraction of sp³-hybridized carbons (Fsp3) is 0.891. The first-order valence-corrected chi connectivity index (χ1v) is 35.5. The molecule has 5 amide bonds. The lowest BCUT2D eigenvalue weighted by molar-refractivity contribution is -0.393. The number of halogens is 1. The third-order valence-corrected chi connectivity index (χ3v) is 20.1. The van der Waals surface area contributed by atoms with Crippen LogP contribution in [-0.2, 0) is 80.8 Å². The zero-order valence-electron chi connectivity index (χ0n) is 57.9. The average Bonchev–Trinajstić information content (AvgIpc) is 0.721. The van der Waals surface area contributed by atoms with Crippen LogP contribution in [0, 0.1) is 0 Å². The summed E-state index contributed by atoms with van der Waals surface area (Å²) in [6.45, 7) is 3.97. The summed E-state index contributed by atoms with van der Waals surface area (Å²) < 4.78 is 71.1. The first kappa shape index (κ1) is 85.7. The summed E-state index contributed by atoms with van der Waals surface area (Å²) in [6, 6.07) is -8.49. The molecule has 0 spiro atoms. The minimum atomic E-state index is -2.41. The van der Waals surface area contributed by atoms with E-state index >= 15 is 0 Å². The number of amides is 5. The summed E-state index contributed by atoms with van der Waals surface area (Å²) in [6.07, 6.45) is -19.6. The molecule has 17 unspecified atom stereocenters. The largest absolute Gasteiger partial charge is 0.394 e. The van der Waals surface area contributed by atoms with E-state index in [2.05, 4.69) is 45.7 Å². The molecule has 6 heterocycles. The number of rotatable bonds is 36. The molecular formula is C64H110IN5O30. The molecule has 0 aromatic carbocycles. The number of hydrogen-bond donors (Lipinski definition) is 18. The number of aliphatic hydroxyl groups is 13. The minimum Gasteiger partial charge on any atom is -0.394 e. The van der Waals surface area contributed by atoms with Crippen molar-refractivity contribution in [2.24, 2.45) is 0 Å². The summed E-state index contributed by atoms with van der Waals surface area (Å²) in [5.41, 5.74) is -1.72. The Morgan fingerprint density at radius 2 is 0.980 bits per heavy atom. The maximum atomic E-state index is 13.5. The van der Waals surface area contributed by atoms with Gasteiger partial charge in [0, 0.05) is 41.2 Å². The molecular weight excluding hydrogens is 1450 g/mol. The van der Waals surface area contributed by atoms with Crippen LogP contribution in [0.4, 0.5) is 0 Å². The van der Waals surface area contributed by atoms with Crippen LogP contribution in [0.15, 0.2) is 12.2 Å². The highest BCUT2D eigenvalue weighted by Gasteiger charge is 2.63. The van der Waals surface area contributed by atoms with E-state index in [9.17, 15) is 90.4 Å². The number of carbonyl (C=O) groups is 5. The molecule has 0 bridgehead atoms. The van der Waals surface area contributed by atoms with E-state index in [4.69, 9.17) is 56.8 Å². The molecule has 0 saturated carbocycles. The molecule has 0 radical (unpaired) electrons. The molecule has 35 nitrogen and oxygen atoms in total. The van der Waals surface area contributed by atoms with E-state index < -0.39 is 243 Å². The second-order valence-electron chi connectivity index (χ2n) is 26.8. The van der Waals surface area contributed by atoms with E-state index in [0.717, 1.165) is 79.1 Å². The highest BCUT2D eigenvalue weighted by molar-refractivity contribution is 14.1. The van der Waals surface area contributed by atoms with Crippen molar-refractivity contribution in [3.05, 3.63) is 12.2 Å². The highest BCUT2D eigenvalue weighted by Crippen LogP contribution is 2.45. The van der Waals surface area contributed by atoms with Gasteiger partial charge in [-0.2, -0.15) is 0 Å². The number of aliphatic hydroxyl groups excluding tert-OH is 13. The van der Waals surface area contributed by atoms with E-state index in [1.807, 2.05) is 0 Å². The molecule has 0 aliphatic carbocycles. The molecule has 29 atom stereocenters. The molecule has 18 N–H and O–H groups in total. The lowest BCUT2D eigenvalue weighted by Gasteiger charge is -2.55. The van der Waals surface area contributed by atoms with E-state index in [-0.39, 0.29) is 6.42 Å². The molecule has 6 fully saturated rings. The summed E-state index contributed by atoms with van der Waals surface area (Å²) >= 11 is 1.64. The molecule has 6 saturated heterocycles. The summed E-state index contributed by atoms with van der Waals surface area (Å²) in [5.74, 6) is -6.15. The zero-order chi connectivity index (χ0) is 74.0. The monoisotopic (exact) mass is 1560 g/mol. The second-order valence-corrected chi connectivity index (χ2v) is 28.6. The molecule has 6 aliphatic rings. The molecule has 578 valence electrons. The summed E-state index contributed by atoms with van der Waals surface area (Å²) in [5, 5.41) is 159. The van der Waals surface area contributed by atoms with Gasteiger partial charge >= 0.3 is 0 Å². The molecule has 100 heavy (non-hydrogen) atoms. The Hall–Kier alpha value is -3.18. The summed E-state index contributed by atoms with van der Waals surface area (Å²) in [4.78, 5) is 65.0. The Morgan fingerprint density at radius 3 is 1.46 bits per heavy atom. The van der Waals surface area contributed by atoms with Gasteiger partial charge in [-0.05, 0) is 68.5 Å². The Bertz CT molecular complexity index is 2580. The molecule has 6 rings (SSSR count). The van der Waals surface area contributed by atoms with Crippen LogP contribution in [0.5, 0.6) is 0 Å². The third kappa shape index (κ3) is 22.0. The van der Waals surface area contributed by atoms with Crippen molar-refractivity contribution in [3.63, 3.8) is 0 Å². The number of methoxy groups -OCH3 is 1. The predicted molar refractivity (Wildman–Crippen MR) is 352 cm³/mol. The van der Waals surface area contributed by atoms with Gasteiger partial charge in [0.1, 0.15) is 133 Å². The van der Waals surface area contributed by atoms with Crippen molar-refractivity contribution < 1.29 is 147 Å². The van der Waals surface area contributed by atoms with Gasteiger partial charge in [0.15, 0.2) is 40.8 Å². The van der Waals surface area contributed by atoms with Gasteiger partial charge in [0.25, 0.3) is 0 Å². The van der Waals surface area contributed by atoms with Gasteiger partial charge in [-0.3, -0.25) is 24.0 Å². The van der Waals surface area contributed by atoms with E-state index in [0.29, 0.717) is 6.42 Å². The Balaban J connectivity index is 1.18. The fourth-order valence-electron chi connectivity index (χ4n) is 13.4. The second kappa shape index (κ2) is 40.0. The fourth-order valence-corrected chi connectivity index (χ4v) is 14.3. The van der Waals surface area contributed by atoms with Gasteiger partial charge < -0.3 is 150 Å². The first-order chi connectivity index (χ1) is 47.4. The quantitative estimate of drug-likeness (QED) is 0.0122. The lowest BCUT2D eigenvalue weighted by Crippen LogP contribution is -2.75. The van der Waals surface area contributed by atoms with Gasteiger partial charge in [0.2, 0.25) is 29.5 Å². The number of alkyl halides is 1. The SMILES string of the molecule is CCCCCC/C=C\CCCCCCCCCC(=O)NC1C(O)[C@H](O)C(CO)O[C@H]1O[C@@H]1C(CO)O[C@@H](O[C@@H]2C(CO)O[C@@H](O[C@@H]3C(CO)O[C@@](C)(O[C@H]4C(O)C(NC(C)=O)[C@H](O)OC4(I)CO[C@@H]4OC[C@@H](O)C(O)C4(C)OC)C(NC(C)=O)C3O)C(NC(C)=O)C2O)C(NC(C)=O)C1O. The van der Waals surface area contributed by atoms with Crippen LogP contribution in [0.25, 0.3) is 0 Å². The molecule has 36 heteroatoms. The van der Waals surface area contributed by atoms with Crippen LogP contribution in [0.2, 0.25) is 0 Å². The zero-order valence-corrected chi connectivity index (χ0v) is 60.1. The van der Waals surface area contributed by atoms with Gasteiger partial charge in [-0.1, -0.05) is 70.4 Å². The van der Waals surface area contributed by atoms with E-state index in [1.165, 1.54) is 46.6 Å². The average molecular weight is 1560 g/mol. The van der Waals surface area contributed by atoms with Gasteiger partial charge in [-0.25, -0.2) is 0 Å². The van der Waals surface area contributed by atoms with E-state index in [1.54, 1.807) is 22.6 Å². The number of unbranched alkanes of at least 4 members (excludes halogenated alkanes) is 11. The number of allylic oxidation sites excluding steroid dienone is 2. The van der Waals surface area contributed by atoms with Crippen molar-refractivity contribution >= 4 is 52.1 Å². The van der Waals surface area contributed by atoms with Crippen molar-refractivity contribution in [2.45, 2.75) is 313 Å². The van der Waals surface area contributed by atoms with Crippen LogP contribution < -0.4 is 26.6 Å². The normalized spacial score (nSPS) is 40.9. The Kier molecular flexibility index (Phi) is 34.3. The van der Waals surface area contributed by atoms with Gasteiger partial charge in [0.05, 0.1) is 39.6 Å². The van der Waals surface area contributed by atoms with Crippen molar-refractivity contribution in [2.75, 3.05) is 46.8 Å². The number of hydrogen-bond acceptors (Lipinski definition) is 30. The third-order valence-electron chi connectivity index (χ3n) is 18.9. The number of carbonyl (C=O) groups excluding carboxylic acids is 5. The first-order valence-electron chi connectivity index (χ1n) is 34.4. The van der Waals surface area contributed by atoms with Crippen LogP contribution >= 0.6 is 22.6 Å². The smallest absolute Gasteiger partial charge is 0.220 e. The number of ether oxygens (including phenoxy) is 12. The van der Waals surface area contributed by atoms with Crippen molar-refractivity contribution in [1.29, 1.82) is 0 Å². The minimum absolute atomic E-state index is 0.0149. The van der Waals surface area contributed by atoms with Crippen molar-refractivity contribution in [1.82, 2.24) is 26.6 Å². The van der Waals surface area contributed by atoms with Crippen LogP contribution in [0.1, 0.15) is 138 Å². The Morgan fingerprint density at radius 1 is 0.530 bits per heavy atom. The van der Waals surface area contributed by atoms with Crippen LogP contribution in [0.3, 0.4) is 0 Å². The Labute approximate surface area is 595 Å². The maximum absolute atomic E-state index is 13.5. The van der Waals surface area contributed by atoms with Crippen LogP contribution in [-0.4, -0.2) is 317 Å². The molecule has 6 aliphatic heterocycles. The van der Waals surface area contributed by atoms with Crippen molar-refractivity contribution in [3.8, 4) is 0 Å². The lowest BCUT2D eigenvalue weighted by atomic mass is 9.89. The number of nitrogens with one attached hydrogen (secondary N) is 5. The highest BCUT2D eigenvalue weighted by atomic mass is 127. The molecule has 0 aromatic rings. The molecule has 0 aromatic heterocycles. The topological polar surface area (TPSA) is 519 Å².